The molecule has 2 unspecified atom stereocenters. The van der Waals surface area contributed by atoms with Gasteiger partial charge in [0, 0.05) is 26.2 Å². The van der Waals surface area contributed by atoms with Gasteiger partial charge in [-0.1, -0.05) is 26.2 Å². The van der Waals surface area contributed by atoms with Crippen LogP contribution in [0.1, 0.15) is 43.0 Å². The molecule has 2 aliphatic heterocycles. The van der Waals surface area contributed by atoms with Gasteiger partial charge in [0.05, 0.1) is 11.6 Å². The topological polar surface area (TPSA) is 32.8 Å². The van der Waals surface area contributed by atoms with Gasteiger partial charge in [-0.25, -0.2) is 4.39 Å². The lowest BCUT2D eigenvalue weighted by atomic mass is 10.1. The fraction of sp³-hybridized carbons (Fsp3) is 0.611. The summed E-state index contributed by atoms with van der Waals surface area (Å²) in [6.07, 6.45) is 4.83. The highest BCUT2D eigenvalue weighted by Crippen LogP contribution is 2.31. The number of fused-ring (bicyclic) bond motifs is 2. The van der Waals surface area contributed by atoms with E-state index in [0.717, 1.165) is 19.6 Å². The molecular formula is C18H25FN2O2. The van der Waals surface area contributed by atoms with Crippen molar-refractivity contribution >= 4 is 5.91 Å². The van der Waals surface area contributed by atoms with Crippen molar-refractivity contribution in [3.63, 3.8) is 0 Å². The Bertz CT molecular complexity index is 578. The summed E-state index contributed by atoms with van der Waals surface area (Å²) in [5.41, 5.74) is 0.456. The van der Waals surface area contributed by atoms with Crippen LogP contribution in [0.4, 0.5) is 4.39 Å². The quantitative estimate of drug-likeness (QED) is 0.782. The van der Waals surface area contributed by atoms with Crippen LogP contribution in [-0.4, -0.2) is 54.5 Å². The summed E-state index contributed by atoms with van der Waals surface area (Å²) in [7, 11) is 1.82. The molecule has 23 heavy (non-hydrogen) atoms. The zero-order valence-corrected chi connectivity index (χ0v) is 13.9. The third-order valence-corrected chi connectivity index (χ3v) is 4.91. The van der Waals surface area contributed by atoms with E-state index in [1.807, 2.05) is 7.05 Å². The highest BCUT2D eigenvalue weighted by atomic mass is 19.1. The fourth-order valence-electron chi connectivity index (χ4n) is 3.54. The number of halogens is 1. The number of rotatable bonds is 5. The maximum atomic E-state index is 13.5. The zero-order chi connectivity index (χ0) is 16.4. The molecule has 1 saturated heterocycles. The van der Waals surface area contributed by atoms with E-state index in [1.165, 1.54) is 43.9 Å². The van der Waals surface area contributed by atoms with Crippen LogP contribution in [0.5, 0.6) is 5.75 Å². The van der Waals surface area contributed by atoms with Crippen LogP contribution in [-0.2, 0) is 0 Å². The van der Waals surface area contributed by atoms with Gasteiger partial charge in [0.2, 0.25) is 0 Å². The number of amides is 1. The number of ether oxygens (including phenoxy) is 1. The van der Waals surface area contributed by atoms with Gasteiger partial charge < -0.3 is 9.64 Å². The lowest BCUT2D eigenvalue weighted by molar-refractivity contribution is 0.0682. The van der Waals surface area contributed by atoms with Crippen molar-refractivity contribution in [3.05, 3.63) is 29.6 Å². The van der Waals surface area contributed by atoms with Crippen LogP contribution in [0, 0.1) is 5.82 Å². The molecule has 2 atom stereocenters. The zero-order valence-electron chi connectivity index (χ0n) is 13.9. The van der Waals surface area contributed by atoms with Crippen LogP contribution in [0.15, 0.2) is 18.2 Å². The van der Waals surface area contributed by atoms with E-state index in [4.69, 9.17) is 4.74 Å². The maximum absolute atomic E-state index is 13.5. The predicted molar refractivity (Wildman–Crippen MR) is 87.3 cm³/mol. The molecule has 0 radical (unpaired) electrons. The molecule has 0 aliphatic carbocycles. The number of likely N-dealkylation sites (N-methyl/N-ethyl adjacent to an activating group) is 1. The number of hydrogen-bond donors (Lipinski definition) is 0. The molecule has 0 bridgehead atoms. The van der Waals surface area contributed by atoms with Crippen LogP contribution < -0.4 is 4.74 Å². The Morgan fingerprint density at radius 3 is 2.87 bits per heavy atom. The molecule has 1 aromatic carbocycles. The first-order valence-electron chi connectivity index (χ1n) is 8.56. The van der Waals surface area contributed by atoms with Gasteiger partial charge >= 0.3 is 0 Å². The van der Waals surface area contributed by atoms with Crippen molar-refractivity contribution in [2.75, 3.05) is 26.7 Å². The molecule has 4 nitrogen and oxygen atoms in total. The molecule has 1 fully saturated rings. The summed E-state index contributed by atoms with van der Waals surface area (Å²) < 4.78 is 19.5. The first-order chi connectivity index (χ1) is 11.1. The van der Waals surface area contributed by atoms with Gasteiger partial charge in [0.1, 0.15) is 17.7 Å². The van der Waals surface area contributed by atoms with Crippen LogP contribution >= 0.6 is 0 Å². The molecule has 1 aromatic rings. The van der Waals surface area contributed by atoms with E-state index in [9.17, 15) is 9.18 Å². The summed E-state index contributed by atoms with van der Waals surface area (Å²) in [5, 5.41) is 0. The van der Waals surface area contributed by atoms with E-state index < -0.39 is 0 Å². The summed E-state index contributed by atoms with van der Waals surface area (Å²) in [6, 6.07) is 4.19. The first-order valence-corrected chi connectivity index (χ1v) is 8.56. The largest absolute Gasteiger partial charge is 0.486 e. The number of hydrogen-bond acceptors (Lipinski definition) is 3. The van der Waals surface area contributed by atoms with Crippen molar-refractivity contribution < 1.29 is 13.9 Å². The lowest BCUT2D eigenvalue weighted by Gasteiger charge is -2.25. The predicted octanol–water partition coefficient (Wildman–Crippen LogP) is 2.92. The Morgan fingerprint density at radius 2 is 2.09 bits per heavy atom. The van der Waals surface area contributed by atoms with Gasteiger partial charge in [-0.15, -0.1) is 0 Å². The van der Waals surface area contributed by atoms with Gasteiger partial charge in [-0.3, -0.25) is 9.69 Å². The molecule has 2 aliphatic rings. The van der Waals surface area contributed by atoms with E-state index in [1.54, 1.807) is 4.90 Å². The van der Waals surface area contributed by atoms with Gasteiger partial charge in [-0.2, -0.15) is 0 Å². The fourth-order valence-corrected chi connectivity index (χ4v) is 3.54. The molecule has 2 heterocycles. The molecule has 0 N–H and O–H groups in total. The Morgan fingerprint density at radius 1 is 1.26 bits per heavy atom. The SMILES string of the molecule is CCCCCCN1CC2Oc3cc(F)ccc3C(=O)N(C)C2C1. The number of unbranched alkanes of at least 4 members (excludes halogenated alkanes) is 3. The van der Waals surface area contributed by atoms with E-state index in [-0.39, 0.29) is 23.9 Å². The molecule has 1 amide bonds. The Balaban J connectivity index is 1.71. The molecule has 126 valence electrons. The summed E-state index contributed by atoms with van der Waals surface area (Å²) in [6.45, 7) is 4.87. The standard InChI is InChI=1S/C18H25FN2O2/c1-3-4-5-6-9-21-11-15-17(12-21)23-16-10-13(19)7-8-14(16)18(22)20(15)2/h7-8,10,15,17H,3-6,9,11-12H2,1-2H3. The third-order valence-electron chi connectivity index (χ3n) is 4.91. The smallest absolute Gasteiger partial charge is 0.257 e. The summed E-state index contributed by atoms with van der Waals surface area (Å²) in [4.78, 5) is 16.7. The lowest BCUT2D eigenvalue weighted by Crippen LogP contribution is -2.44. The Kier molecular flexibility index (Phi) is 4.85. The van der Waals surface area contributed by atoms with Crippen LogP contribution in [0.25, 0.3) is 0 Å². The monoisotopic (exact) mass is 320 g/mol. The van der Waals surface area contributed by atoms with E-state index in [2.05, 4.69) is 11.8 Å². The molecule has 0 saturated carbocycles. The maximum Gasteiger partial charge on any atom is 0.257 e. The van der Waals surface area contributed by atoms with Crippen molar-refractivity contribution in [2.45, 2.75) is 44.8 Å². The molecule has 0 spiro atoms. The second-order valence-corrected chi connectivity index (χ2v) is 6.60. The number of benzene rings is 1. The van der Waals surface area contributed by atoms with Crippen molar-refractivity contribution in [3.8, 4) is 5.75 Å². The highest BCUT2D eigenvalue weighted by molar-refractivity contribution is 5.97. The third kappa shape index (κ3) is 3.34. The van der Waals surface area contributed by atoms with Crippen LogP contribution in [0.3, 0.4) is 0 Å². The van der Waals surface area contributed by atoms with Gasteiger partial charge in [0.15, 0.2) is 0 Å². The van der Waals surface area contributed by atoms with E-state index >= 15 is 0 Å². The molecule has 3 rings (SSSR count). The average molecular weight is 320 g/mol. The second-order valence-electron chi connectivity index (χ2n) is 6.60. The van der Waals surface area contributed by atoms with Gasteiger partial charge in [-0.05, 0) is 25.1 Å². The van der Waals surface area contributed by atoms with Gasteiger partial charge in [0.25, 0.3) is 5.91 Å². The second kappa shape index (κ2) is 6.87. The van der Waals surface area contributed by atoms with Crippen LogP contribution in [0.2, 0.25) is 0 Å². The molecular weight excluding hydrogens is 295 g/mol. The minimum absolute atomic E-state index is 0.0316. The van der Waals surface area contributed by atoms with Crippen molar-refractivity contribution in [2.24, 2.45) is 0 Å². The summed E-state index contributed by atoms with van der Waals surface area (Å²) in [5.74, 6) is -0.0745. The average Bonchev–Trinajstić information content (AvgIpc) is 2.89. The number of likely N-dealkylation sites (tertiary alicyclic amines) is 1. The van der Waals surface area contributed by atoms with Crippen molar-refractivity contribution in [1.29, 1.82) is 0 Å². The Labute approximate surface area is 137 Å². The summed E-state index contributed by atoms with van der Waals surface area (Å²) >= 11 is 0. The first kappa shape index (κ1) is 16.2. The van der Waals surface area contributed by atoms with Crippen molar-refractivity contribution in [1.82, 2.24) is 9.80 Å². The number of carbonyl (C=O) groups is 1. The number of nitrogens with zero attached hydrogens (tertiary/aromatic N) is 2. The van der Waals surface area contributed by atoms with E-state index in [0.29, 0.717) is 11.3 Å². The number of carbonyl (C=O) groups excluding carboxylic acids is 1. The minimum Gasteiger partial charge on any atom is -0.486 e. The minimum atomic E-state index is -0.368. The Hall–Kier alpha value is -1.62. The normalized spacial score (nSPS) is 24.1. The molecule has 5 heteroatoms. The highest BCUT2D eigenvalue weighted by Gasteiger charge is 2.41. The molecule has 0 aromatic heterocycles.